The maximum absolute atomic E-state index is 14.6. The molecule has 0 amide bonds. The first-order valence-corrected chi connectivity index (χ1v) is 10.8. The third kappa shape index (κ3) is 5.29. The molecule has 0 aliphatic carbocycles. The Hall–Kier alpha value is -4.42. The summed E-state index contributed by atoms with van der Waals surface area (Å²) in [7, 11) is 0. The third-order valence-electron chi connectivity index (χ3n) is 5.35. The van der Waals surface area contributed by atoms with E-state index in [9.17, 15) is 26.3 Å². The molecule has 0 saturated carbocycles. The normalized spacial score (nSPS) is 10.4. The van der Waals surface area contributed by atoms with Gasteiger partial charge in [0, 0.05) is 16.5 Å². The van der Waals surface area contributed by atoms with E-state index < -0.39 is 46.0 Å². The SMILES string of the molecule is C=CCCc1cc(F)c(C#Cc2cc(F)c(C#Cc3ccc4c(F)c(F)ccc4c3)c(F)c2)c(F)c1. The molecule has 6 heteroatoms. The lowest BCUT2D eigenvalue weighted by molar-refractivity contribution is 0.517. The van der Waals surface area contributed by atoms with E-state index in [2.05, 4.69) is 30.3 Å². The van der Waals surface area contributed by atoms with Gasteiger partial charge in [0.1, 0.15) is 23.3 Å². The lowest BCUT2D eigenvalue weighted by Crippen LogP contribution is -1.96. The van der Waals surface area contributed by atoms with E-state index in [-0.39, 0.29) is 10.9 Å². The molecule has 0 atom stereocenters. The van der Waals surface area contributed by atoms with Crippen LogP contribution in [0.3, 0.4) is 0 Å². The second kappa shape index (κ2) is 10.5. The Labute approximate surface area is 203 Å². The van der Waals surface area contributed by atoms with Gasteiger partial charge in [0.15, 0.2) is 11.6 Å². The molecule has 0 nitrogen and oxygen atoms in total. The Morgan fingerprint density at radius 3 is 1.81 bits per heavy atom. The van der Waals surface area contributed by atoms with Crippen LogP contribution >= 0.6 is 0 Å². The number of allylic oxidation sites excluding steroid dienone is 1. The highest BCUT2D eigenvalue weighted by atomic mass is 19.2. The fourth-order valence-corrected chi connectivity index (χ4v) is 3.54. The second-order valence-electron chi connectivity index (χ2n) is 7.87. The van der Waals surface area contributed by atoms with Crippen LogP contribution in [0.25, 0.3) is 10.8 Å². The van der Waals surface area contributed by atoms with Crippen LogP contribution in [0.2, 0.25) is 0 Å². The Morgan fingerprint density at radius 1 is 0.611 bits per heavy atom. The van der Waals surface area contributed by atoms with Gasteiger partial charge in [-0.3, -0.25) is 0 Å². The summed E-state index contributed by atoms with van der Waals surface area (Å²) >= 11 is 0. The van der Waals surface area contributed by atoms with Crippen molar-refractivity contribution in [2.24, 2.45) is 0 Å². The summed E-state index contributed by atoms with van der Waals surface area (Å²) in [5, 5.41) is 0.431. The number of benzene rings is 4. The zero-order valence-electron chi connectivity index (χ0n) is 18.7. The molecule has 0 saturated heterocycles. The highest BCUT2D eigenvalue weighted by Crippen LogP contribution is 2.22. The third-order valence-corrected chi connectivity index (χ3v) is 5.35. The summed E-state index contributed by atoms with van der Waals surface area (Å²) in [6.45, 7) is 3.56. The minimum Gasteiger partial charge on any atom is -0.206 e. The summed E-state index contributed by atoms with van der Waals surface area (Å²) in [6, 6.07) is 10.7. The fraction of sp³-hybridized carbons (Fsp3) is 0.0667. The second-order valence-corrected chi connectivity index (χ2v) is 7.87. The van der Waals surface area contributed by atoms with Crippen LogP contribution in [-0.4, -0.2) is 0 Å². The largest absolute Gasteiger partial charge is 0.206 e. The average Bonchev–Trinajstić information content (AvgIpc) is 2.84. The molecule has 0 aromatic heterocycles. The predicted molar refractivity (Wildman–Crippen MR) is 127 cm³/mol. The van der Waals surface area contributed by atoms with Gasteiger partial charge in [0.2, 0.25) is 0 Å². The van der Waals surface area contributed by atoms with Gasteiger partial charge in [-0.05, 0) is 66.3 Å². The molecule has 0 aliphatic rings. The predicted octanol–water partition coefficient (Wildman–Crippen LogP) is 7.59. The van der Waals surface area contributed by atoms with Crippen molar-refractivity contribution in [3.63, 3.8) is 0 Å². The minimum atomic E-state index is -1.01. The van der Waals surface area contributed by atoms with Gasteiger partial charge in [-0.15, -0.1) is 6.58 Å². The Kier molecular flexibility index (Phi) is 7.17. The van der Waals surface area contributed by atoms with E-state index in [4.69, 9.17) is 0 Å². The number of rotatable bonds is 3. The van der Waals surface area contributed by atoms with Crippen molar-refractivity contribution in [3.8, 4) is 23.7 Å². The van der Waals surface area contributed by atoms with Crippen molar-refractivity contribution < 1.29 is 26.3 Å². The highest BCUT2D eigenvalue weighted by molar-refractivity contribution is 5.84. The summed E-state index contributed by atoms with van der Waals surface area (Å²) in [6.07, 6.45) is 2.60. The number of hydrogen-bond acceptors (Lipinski definition) is 0. The fourth-order valence-electron chi connectivity index (χ4n) is 3.54. The molecule has 0 radical (unpaired) electrons. The van der Waals surface area contributed by atoms with Crippen molar-refractivity contribution in [2.45, 2.75) is 12.8 Å². The van der Waals surface area contributed by atoms with E-state index in [0.29, 0.717) is 29.4 Å². The minimum absolute atomic E-state index is 0.0557. The number of hydrogen-bond donors (Lipinski definition) is 0. The van der Waals surface area contributed by atoms with Crippen LogP contribution < -0.4 is 0 Å². The molecule has 0 aliphatic heterocycles. The van der Waals surface area contributed by atoms with Gasteiger partial charge in [-0.25, -0.2) is 26.3 Å². The van der Waals surface area contributed by atoms with Gasteiger partial charge in [-0.1, -0.05) is 41.9 Å². The van der Waals surface area contributed by atoms with E-state index in [1.807, 2.05) is 0 Å². The summed E-state index contributed by atoms with van der Waals surface area (Å²) in [5.74, 6) is 3.90. The molecule has 4 rings (SSSR count). The van der Waals surface area contributed by atoms with Crippen LogP contribution in [0, 0.1) is 58.6 Å². The van der Waals surface area contributed by atoms with Gasteiger partial charge < -0.3 is 0 Å². The zero-order chi connectivity index (χ0) is 25.8. The molecule has 0 heterocycles. The van der Waals surface area contributed by atoms with Gasteiger partial charge >= 0.3 is 0 Å². The van der Waals surface area contributed by atoms with Crippen LogP contribution in [0.1, 0.15) is 34.2 Å². The molecule has 0 spiro atoms. The van der Waals surface area contributed by atoms with Crippen LogP contribution in [0.15, 0.2) is 67.3 Å². The summed E-state index contributed by atoms with van der Waals surface area (Å²) < 4.78 is 84.9. The van der Waals surface area contributed by atoms with Crippen molar-refractivity contribution in [1.82, 2.24) is 0 Å². The molecule has 178 valence electrons. The van der Waals surface area contributed by atoms with Gasteiger partial charge in [-0.2, -0.15) is 0 Å². The molecule has 0 N–H and O–H groups in total. The smallest absolute Gasteiger partial charge is 0.166 e. The lowest BCUT2D eigenvalue weighted by Gasteiger charge is -2.03. The van der Waals surface area contributed by atoms with Gasteiger partial charge in [0.05, 0.1) is 11.1 Å². The first kappa shape index (κ1) is 24.7. The standard InChI is InChI=1S/C30H16F6/c1-2-3-4-19-14-26(32)24(27(33)15-19)11-7-20-16-28(34)23(29(35)17-20)10-6-18-5-9-22-21(13-18)8-12-25(31)30(22)36/h2,5,8-9,12-17H,1,3-4H2. The van der Waals surface area contributed by atoms with Crippen molar-refractivity contribution >= 4 is 10.8 Å². The average molecular weight is 490 g/mol. The van der Waals surface area contributed by atoms with Crippen LogP contribution in [0.4, 0.5) is 26.3 Å². The van der Waals surface area contributed by atoms with Crippen LogP contribution in [-0.2, 0) is 6.42 Å². The molecular weight excluding hydrogens is 474 g/mol. The van der Waals surface area contributed by atoms with Gasteiger partial charge in [0.25, 0.3) is 0 Å². The summed E-state index contributed by atoms with van der Waals surface area (Å²) in [5.41, 5.74) is -0.393. The quantitative estimate of drug-likeness (QED) is 0.158. The maximum Gasteiger partial charge on any atom is 0.166 e. The molecule has 0 unspecified atom stereocenters. The Bertz CT molecular complexity index is 1580. The van der Waals surface area contributed by atoms with E-state index in [0.717, 1.165) is 30.3 Å². The van der Waals surface area contributed by atoms with Crippen molar-refractivity contribution in [2.75, 3.05) is 0 Å². The van der Waals surface area contributed by atoms with Crippen molar-refractivity contribution in [3.05, 3.63) is 130 Å². The zero-order valence-corrected chi connectivity index (χ0v) is 18.7. The molecule has 0 fully saturated rings. The molecule has 4 aromatic carbocycles. The monoisotopic (exact) mass is 490 g/mol. The van der Waals surface area contributed by atoms with Crippen LogP contribution in [0.5, 0.6) is 0 Å². The highest BCUT2D eigenvalue weighted by Gasteiger charge is 2.11. The molecule has 36 heavy (non-hydrogen) atoms. The molecule has 0 bridgehead atoms. The Balaban J connectivity index is 1.61. The van der Waals surface area contributed by atoms with E-state index in [1.165, 1.54) is 24.3 Å². The molecular formula is C30H16F6. The number of halogens is 6. The number of fused-ring (bicyclic) bond motifs is 1. The first-order valence-electron chi connectivity index (χ1n) is 10.8. The Morgan fingerprint density at radius 2 is 1.19 bits per heavy atom. The summed E-state index contributed by atoms with van der Waals surface area (Å²) in [4.78, 5) is 0. The topological polar surface area (TPSA) is 0 Å². The lowest BCUT2D eigenvalue weighted by atomic mass is 10.0. The molecule has 4 aromatic rings. The van der Waals surface area contributed by atoms with E-state index >= 15 is 0 Å². The first-order chi connectivity index (χ1) is 17.3. The van der Waals surface area contributed by atoms with Crippen molar-refractivity contribution in [1.29, 1.82) is 0 Å². The van der Waals surface area contributed by atoms with E-state index in [1.54, 1.807) is 6.08 Å². The maximum atomic E-state index is 14.6. The number of aryl methyl sites for hydroxylation is 1.